The molecule has 0 spiro atoms. The van der Waals surface area contributed by atoms with Crippen molar-refractivity contribution in [2.75, 3.05) is 52.6 Å². The van der Waals surface area contributed by atoms with E-state index in [-0.39, 0.29) is 12.5 Å². The van der Waals surface area contributed by atoms with Crippen molar-refractivity contribution >= 4 is 11.9 Å². The summed E-state index contributed by atoms with van der Waals surface area (Å²) in [5.74, 6) is -1.37. The second-order valence-electron chi connectivity index (χ2n) is 3.69. The fourth-order valence-electron chi connectivity index (χ4n) is 1.46. The van der Waals surface area contributed by atoms with E-state index in [0.717, 1.165) is 32.8 Å². The summed E-state index contributed by atoms with van der Waals surface area (Å²) in [7, 11) is 0. The maximum Gasteiger partial charge on any atom is 0.329 e. The zero-order valence-corrected chi connectivity index (χ0v) is 9.68. The normalized spacial score (nSPS) is 16.7. The van der Waals surface area contributed by atoms with E-state index in [1.807, 2.05) is 0 Å². The molecule has 0 atom stereocenters. The zero-order valence-electron chi connectivity index (χ0n) is 9.68. The molecular weight excluding hydrogens is 228 g/mol. The molecule has 0 unspecified atom stereocenters. The minimum absolute atomic E-state index is 0.213. The average molecular weight is 246 g/mol. The third-order valence-corrected chi connectivity index (χ3v) is 2.31. The number of amides is 1. The summed E-state index contributed by atoms with van der Waals surface area (Å²) in [6, 6.07) is 0. The van der Waals surface area contributed by atoms with Crippen molar-refractivity contribution in [2.45, 2.75) is 0 Å². The molecule has 0 aromatic heterocycles. The Morgan fingerprint density at radius 1 is 1.29 bits per heavy atom. The topological polar surface area (TPSA) is 88.1 Å². The number of morpholine rings is 1. The Morgan fingerprint density at radius 3 is 2.65 bits per heavy atom. The molecular formula is C10H18N2O5. The standard InChI is InChI=1S/C10H18N2O5/c13-9(7-17-8-10(14)15)11-1-2-12-3-5-16-6-4-12/h1-8H2,(H,11,13)(H,14,15). The predicted octanol–water partition coefficient (Wildman–Crippen LogP) is -1.46. The van der Waals surface area contributed by atoms with Crippen LogP contribution in [0.2, 0.25) is 0 Å². The number of carboxylic acids is 1. The van der Waals surface area contributed by atoms with Gasteiger partial charge in [-0.25, -0.2) is 4.79 Å². The number of carbonyl (C=O) groups excluding carboxylic acids is 1. The summed E-state index contributed by atoms with van der Waals surface area (Å²) >= 11 is 0. The van der Waals surface area contributed by atoms with Crippen LogP contribution in [0.15, 0.2) is 0 Å². The lowest BCUT2D eigenvalue weighted by Gasteiger charge is -2.26. The third-order valence-electron chi connectivity index (χ3n) is 2.31. The van der Waals surface area contributed by atoms with Gasteiger partial charge in [-0.05, 0) is 0 Å². The highest BCUT2D eigenvalue weighted by molar-refractivity contribution is 5.77. The molecule has 2 N–H and O–H groups in total. The number of aliphatic carboxylic acids is 1. The van der Waals surface area contributed by atoms with Gasteiger partial charge < -0.3 is 19.9 Å². The minimum atomic E-state index is -1.08. The van der Waals surface area contributed by atoms with E-state index in [9.17, 15) is 9.59 Å². The van der Waals surface area contributed by atoms with Crippen molar-refractivity contribution in [3.05, 3.63) is 0 Å². The van der Waals surface area contributed by atoms with Crippen LogP contribution in [-0.2, 0) is 19.1 Å². The molecule has 1 amide bonds. The van der Waals surface area contributed by atoms with E-state index in [1.165, 1.54) is 0 Å². The van der Waals surface area contributed by atoms with Crippen LogP contribution in [0.5, 0.6) is 0 Å². The van der Waals surface area contributed by atoms with Crippen LogP contribution < -0.4 is 5.32 Å². The molecule has 98 valence electrons. The van der Waals surface area contributed by atoms with Gasteiger partial charge in [0.25, 0.3) is 0 Å². The SMILES string of the molecule is O=C(O)COCC(=O)NCCN1CCOCC1. The number of carboxylic acid groups (broad SMARTS) is 1. The van der Waals surface area contributed by atoms with Crippen LogP contribution in [-0.4, -0.2) is 74.5 Å². The number of hydrogen-bond acceptors (Lipinski definition) is 5. The third kappa shape index (κ3) is 6.88. The van der Waals surface area contributed by atoms with Crippen molar-refractivity contribution < 1.29 is 24.2 Å². The number of carbonyl (C=O) groups is 2. The first kappa shape index (κ1) is 13.9. The number of hydrogen-bond donors (Lipinski definition) is 2. The Kier molecular flexibility index (Phi) is 6.53. The fraction of sp³-hybridized carbons (Fsp3) is 0.800. The Bertz CT molecular complexity index is 253. The molecule has 0 aromatic carbocycles. The fourth-order valence-corrected chi connectivity index (χ4v) is 1.46. The van der Waals surface area contributed by atoms with E-state index in [2.05, 4.69) is 15.0 Å². The van der Waals surface area contributed by atoms with Gasteiger partial charge in [0.15, 0.2) is 0 Å². The van der Waals surface area contributed by atoms with Crippen molar-refractivity contribution in [1.29, 1.82) is 0 Å². The summed E-state index contributed by atoms with van der Waals surface area (Å²) in [5, 5.41) is 11.0. The molecule has 1 heterocycles. The Hall–Kier alpha value is -1.18. The van der Waals surface area contributed by atoms with E-state index in [1.54, 1.807) is 0 Å². The number of nitrogens with one attached hydrogen (secondary N) is 1. The van der Waals surface area contributed by atoms with Gasteiger partial charge in [0.1, 0.15) is 13.2 Å². The number of rotatable bonds is 7. The molecule has 17 heavy (non-hydrogen) atoms. The van der Waals surface area contributed by atoms with Gasteiger partial charge in [-0.2, -0.15) is 0 Å². The first-order valence-corrected chi connectivity index (χ1v) is 5.55. The van der Waals surface area contributed by atoms with Crippen molar-refractivity contribution in [3.8, 4) is 0 Å². The van der Waals surface area contributed by atoms with Gasteiger partial charge in [0.2, 0.25) is 5.91 Å². The Balaban J connectivity index is 1.97. The Labute approximate surface area is 99.7 Å². The predicted molar refractivity (Wildman–Crippen MR) is 58.7 cm³/mol. The van der Waals surface area contributed by atoms with Gasteiger partial charge in [-0.3, -0.25) is 9.69 Å². The van der Waals surface area contributed by atoms with Crippen LogP contribution in [0.4, 0.5) is 0 Å². The lowest BCUT2D eigenvalue weighted by molar-refractivity contribution is -0.143. The minimum Gasteiger partial charge on any atom is -0.480 e. The molecule has 1 saturated heterocycles. The molecule has 1 aliphatic heterocycles. The largest absolute Gasteiger partial charge is 0.480 e. The zero-order chi connectivity index (χ0) is 12.5. The second-order valence-corrected chi connectivity index (χ2v) is 3.69. The molecule has 7 heteroatoms. The molecule has 0 radical (unpaired) electrons. The summed E-state index contributed by atoms with van der Waals surface area (Å²) in [6.45, 7) is 3.87. The summed E-state index contributed by atoms with van der Waals surface area (Å²) < 4.78 is 9.85. The van der Waals surface area contributed by atoms with Crippen molar-refractivity contribution in [3.63, 3.8) is 0 Å². The second kappa shape index (κ2) is 7.99. The highest BCUT2D eigenvalue weighted by Gasteiger charge is 2.10. The van der Waals surface area contributed by atoms with Crippen molar-refractivity contribution in [1.82, 2.24) is 10.2 Å². The first-order valence-electron chi connectivity index (χ1n) is 5.55. The van der Waals surface area contributed by atoms with Crippen LogP contribution in [0.3, 0.4) is 0 Å². The van der Waals surface area contributed by atoms with Crippen LogP contribution in [0.25, 0.3) is 0 Å². The number of ether oxygens (including phenoxy) is 2. The van der Waals surface area contributed by atoms with E-state index in [4.69, 9.17) is 9.84 Å². The van der Waals surface area contributed by atoms with Crippen LogP contribution in [0.1, 0.15) is 0 Å². The van der Waals surface area contributed by atoms with Gasteiger partial charge in [-0.15, -0.1) is 0 Å². The van der Waals surface area contributed by atoms with E-state index >= 15 is 0 Å². The van der Waals surface area contributed by atoms with E-state index < -0.39 is 12.6 Å². The van der Waals surface area contributed by atoms with Crippen molar-refractivity contribution in [2.24, 2.45) is 0 Å². The van der Waals surface area contributed by atoms with Gasteiger partial charge in [0.05, 0.1) is 13.2 Å². The molecule has 1 fully saturated rings. The molecule has 0 aliphatic carbocycles. The van der Waals surface area contributed by atoms with Gasteiger partial charge >= 0.3 is 5.97 Å². The van der Waals surface area contributed by atoms with E-state index in [0.29, 0.717) is 6.54 Å². The molecule has 0 bridgehead atoms. The van der Waals surface area contributed by atoms with Gasteiger partial charge in [0, 0.05) is 26.2 Å². The van der Waals surface area contributed by atoms with Crippen LogP contribution in [0, 0.1) is 0 Å². The van der Waals surface area contributed by atoms with Gasteiger partial charge in [-0.1, -0.05) is 0 Å². The summed E-state index contributed by atoms with van der Waals surface area (Å²) in [4.78, 5) is 23.5. The lowest BCUT2D eigenvalue weighted by atomic mass is 10.4. The number of nitrogens with zero attached hydrogens (tertiary/aromatic N) is 1. The smallest absolute Gasteiger partial charge is 0.329 e. The Morgan fingerprint density at radius 2 is 2.00 bits per heavy atom. The summed E-state index contributed by atoms with van der Waals surface area (Å²) in [6.07, 6.45) is 0. The molecule has 7 nitrogen and oxygen atoms in total. The maximum atomic E-state index is 11.2. The monoisotopic (exact) mass is 246 g/mol. The molecule has 1 rings (SSSR count). The maximum absolute atomic E-state index is 11.2. The molecule has 0 saturated carbocycles. The lowest BCUT2D eigenvalue weighted by Crippen LogP contribution is -2.42. The summed E-state index contributed by atoms with van der Waals surface area (Å²) in [5.41, 5.74) is 0. The highest BCUT2D eigenvalue weighted by Crippen LogP contribution is 1.94. The quantitative estimate of drug-likeness (QED) is 0.570. The highest BCUT2D eigenvalue weighted by atomic mass is 16.5. The average Bonchev–Trinajstić information content (AvgIpc) is 2.30. The first-order chi connectivity index (χ1) is 8.18. The molecule has 1 aliphatic rings. The van der Waals surface area contributed by atoms with Crippen LogP contribution >= 0.6 is 0 Å². The molecule has 0 aromatic rings.